The van der Waals surface area contributed by atoms with Gasteiger partial charge in [-0.05, 0) is 32.8 Å². The van der Waals surface area contributed by atoms with Crippen molar-refractivity contribution in [2.24, 2.45) is 0 Å². The maximum absolute atomic E-state index is 11.6. The lowest BCUT2D eigenvalue weighted by Gasteiger charge is -2.13. The minimum Gasteiger partial charge on any atom is -0.475 e. The van der Waals surface area contributed by atoms with Crippen molar-refractivity contribution in [2.75, 3.05) is 5.88 Å². The van der Waals surface area contributed by atoms with Crippen LogP contribution in [0.15, 0.2) is 18.3 Å². The van der Waals surface area contributed by atoms with E-state index in [1.807, 2.05) is 26.0 Å². The van der Waals surface area contributed by atoms with Crippen LogP contribution in [-0.2, 0) is 11.3 Å². The molecule has 1 rings (SSSR count). The molecule has 19 heavy (non-hydrogen) atoms. The SMILES string of the molecule is CC(C)Oc1ncccc1CNC(=O)CCCCCl. The standard InChI is InChI=1S/C14H21ClN2O2/c1-11(2)19-14-12(6-5-9-16-14)10-17-13(18)7-3-4-8-15/h5-6,9,11H,3-4,7-8,10H2,1-2H3,(H,17,18). The van der Waals surface area contributed by atoms with Crippen LogP contribution in [0.2, 0.25) is 0 Å². The maximum atomic E-state index is 11.6. The average molecular weight is 285 g/mol. The molecule has 1 aromatic heterocycles. The minimum absolute atomic E-state index is 0.0319. The van der Waals surface area contributed by atoms with Gasteiger partial charge in [0, 0.05) is 30.6 Å². The number of nitrogens with zero attached hydrogens (tertiary/aromatic N) is 1. The number of halogens is 1. The third kappa shape index (κ3) is 6.43. The summed E-state index contributed by atoms with van der Waals surface area (Å²) in [6, 6.07) is 3.74. The lowest BCUT2D eigenvalue weighted by Crippen LogP contribution is -2.23. The van der Waals surface area contributed by atoms with Gasteiger partial charge in [0.1, 0.15) is 0 Å². The van der Waals surface area contributed by atoms with Crippen molar-refractivity contribution in [3.05, 3.63) is 23.9 Å². The highest BCUT2D eigenvalue weighted by atomic mass is 35.5. The third-order valence-corrected chi connectivity index (χ3v) is 2.73. The van der Waals surface area contributed by atoms with Gasteiger partial charge in [-0.15, -0.1) is 11.6 Å². The molecule has 0 saturated carbocycles. The molecule has 0 unspecified atom stereocenters. The fourth-order valence-electron chi connectivity index (χ4n) is 1.55. The van der Waals surface area contributed by atoms with E-state index in [4.69, 9.17) is 16.3 Å². The zero-order valence-electron chi connectivity index (χ0n) is 11.5. The molecule has 106 valence electrons. The number of ether oxygens (including phenoxy) is 1. The first kappa shape index (κ1) is 15.8. The molecule has 0 aliphatic heterocycles. The van der Waals surface area contributed by atoms with Crippen LogP contribution < -0.4 is 10.1 Å². The van der Waals surface area contributed by atoms with Gasteiger partial charge < -0.3 is 10.1 Å². The van der Waals surface area contributed by atoms with Crippen molar-refractivity contribution in [2.45, 2.75) is 45.8 Å². The Kier molecular flexibility index (Phi) is 7.26. The lowest BCUT2D eigenvalue weighted by atomic mass is 10.2. The summed E-state index contributed by atoms with van der Waals surface area (Å²) in [5.41, 5.74) is 0.891. The molecule has 0 aromatic carbocycles. The second-order valence-electron chi connectivity index (χ2n) is 4.56. The highest BCUT2D eigenvalue weighted by Gasteiger charge is 2.08. The van der Waals surface area contributed by atoms with Crippen molar-refractivity contribution < 1.29 is 9.53 Å². The van der Waals surface area contributed by atoms with E-state index in [0.29, 0.717) is 24.7 Å². The highest BCUT2D eigenvalue weighted by molar-refractivity contribution is 6.17. The van der Waals surface area contributed by atoms with E-state index in [1.165, 1.54) is 0 Å². The van der Waals surface area contributed by atoms with E-state index in [9.17, 15) is 4.79 Å². The van der Waals surface area contributed by atoms with Crippen molar-refractivity contribution >= 4 is 17.5 Å². The molecule has 0 spiro atoms. The molecule has 0 aliphatic rings. The summed E-state index contributed by atoms with van der Waals surface area (Å²) < 4.78 is 5.60. The van der Waals surface area contributed by atoms with E-state index in [-0.39, 0.29) is 12.0 Å². The summed E-state index contributed by atoms with van der Waals surface area (Å²) in [7, 11) is 0. The number of hydrogen-bond donors (Lipinski definition) is 1. The number of carbonyl (C=O) groups excluding carboxylic acids is 1. The topological polar surface area (TPSA) is 51.2 Å². The van der Waals surface area contributed by atoms with Crippen LogP contribution in [0.4, 0.5) is 0 Å². The van der Waals surface area contributed by atoms with Crippen LogP contribution in [0.25, 0.3) is 0 Å². The summed E-state index contributed by atoms with van der Waals surface area (Å²) in [5, 5.41) is 2.87. The number of rotatable bonds is 8. The summed E-state index contributed by atoms with van der Waals surface area (Å²) in [6.45, 7) is 4.34. The molecule has 4 nitrogen and oxygen atoms in total. The second kappa shape index (κ2) is 8.75. The zero-order valence-corrected chi connectivity index (χ0v) is 12.2. The van der Waals surface area contributed by atoms with Crippen molar-refractivity contribution in [1.82, 2.24) is 10.3 Å². The van der Waals surface area contributed by atoms with E-state index in [1.54, 1.807) is 6.20 Å². The summed E-state index contributed by atoms with van der Waals surface area (Å²) in [5.74, 6) is 1.21. The Balaban J connectivity index is 2.46. The molecule has 0 atom stereocenters. The van der Waals surface area contributed by atoms with E-state index in [0.717, 1.165) is 18.4 Å². The van der Waals surface area contributed by atoms with Crippen LogP contribution in [-0.4, -0.2) is 22.9 Å². The fourth-order valence-corrected chi connectivity index (χ4v) is 1.74. The third-order valence-electron chi connectivity index (χ3n) is 2.46. The highest BCUT2D eigenvalue weighted by Crippen LogP contribution is 2.15. The number of unbranched alkanes of at least 4 members (excludes halogenated alkanes) is 1. The number of amides is 1. The number of hydrogen-bond acceptors (Lipinski definition) is 3. The van der Waals surface area contributed by atoms with Gasteiger partial charge in [0.25, 0.3) is 0 Å². The quantitative estimate of drug-likeness (QED) is 0.590. The predicted molar refractivity (Wildman–Crippen MR) is 76.4 cm³/mol. The minimum atomic E-state index is 0.0319. The number of pyridine rings is 1. The lowest BCUT2D eigenvalue weighted by molar-refractivity contribution is -0.121. The van der Waals surface area contributed by atoms with Crippen LogP contribution >= 0.6 is 11.6 Å². The summed E-state index contributed by atoms with van der Waals surface area (Å²) >= 11 is 5.57. The monoisotopic (exact) mass is 284 g/mol. The van der Waals surface area contributed by atoms with Gasteiger partial charge in [-0.3, -0.25) is 4.79 Å². The second-order valence-corrected chi connectivity index (χ2v) is 4.94. The smallest absolute Gasteiger partial charge is 0.220 e. The first-order valence-corrected chi connectivity index (χ1v) is 7.10. The molecule has 0 bridgehead atoms. The van der Waals surface area contributed by atoms with E-state index in [2.05, 4.69) is 10.3 Å². The molecule has 1 N–H and O–H groups in total. The van der Waals surface area contributed by atoms with Gasteiger partial charge in [0.2, 0.25) is 11.8 Å². The van der Waals surface area contributed by atoms with Gasteiger partial charge in [-0.1, -0.05) is 6.07 Å². The van der Waals surface area contributed by atoms with Crippen LogP contribution in [0.3, 0.4) is 0 Å². The van der Waals surface area contributed by atoms with Crippen molar-refractivity contribution in [1.29, 1.82) is 0 Å². The molecule has 5 heteroatoms. The van der Waals surface area contributed by atoms with E-state index >= 15 is 0 Å². The Hall–Kier alpha value is -1.29. The van der Waals surface area contributed by atoms with Gasteiger partial charge in [0.05, 0.1) is 6.10 Å². The Bertz CT molecular complexity index is 397. The first-order chi connectivity index (χ1) is 9.13. The van der Waals surface area contributed by atoms with Gasteiger partial charge in [0.15, 0.2) is 0 Å². The van der Waals surface area contributed by atoms with Crippen molar-refractivity contribution in [3.63, 3.8) is 0 Å². The molecule has 0 fully saturated rings. The summed E-state index contributed by atoms with van der Waals surface area (Å²) in [4.78, 5) is 15.8. The molecule has 0 aliphatic carbocycles. The van der Waals surface area contributed by atoms with Crippen molar-refractivity contribution in [3.8, 4) is 5.88 Å². The molecule has 1 amide bonds. The average Bonchev–Trinajstić information content (AvgIpc) is 2.37. The molecule has 0 saturated heterocycles. The first-order valence-electron chi connectivity index (χ1n) is 6.56. The molecular formula is C14H21ClN2O2. The number of aromatic nitrogens is 1. The largest absolute Gasteiger partial charge is 0.475 e. The fraction of sp³-hybridized carbons (Fsp3) is 0.571. The number of nitrogens with one attached hydrogen (secondary N) is 1. The Morgan fingerprint density at radius 2 is 2.26 bits per heavy atom. The Morgan fingerprint density at radius 1 is 1.47 bits per heavy atom. The molecule has 0 radical (unpaired) electrons. The number of alkyl halides is 1. The van der Waals surface area contributed by atoms with E-state index < -0.39 is 0 Å². The Labute approximate surface area is 119 Å². The predicted octanol–water partition coefficient (Wildman–Crippen LogP) is 2.89. The molecule has 1 heterocycles. The summed E-state index contributed by atoms with van der Waals surface area (Å²) in [6.07, 6.45) is 3.94. The number of carbonyl (C=O) groups is 1. The zero-order chi connectivity index (χ0) is 14.1. The Morgan fingerprint density at radius 3 is 2.95 bits per heavy atom. The van der Waals surface area contributed by atoms with Gasteiger partial charge >= 0.3 is 0 Å². The van der Waals surface area contributed by atoms with Gasteiger partial charge in [-0.2, -0.15) is 0 Å². The van der Waals surface area contributed by atoms with Crippen LogP contribution in [0, 0.1) is 0 Å². The molecule has 1 aromatic rings. The van der Waals surface area contributed by atoms with Crippen LogP contribution in [0.1, 0.15) is 38.7 Å². The normalized spacial score (nSPS) is 10.5. The molecular weight excluding hydrogens is 264 g/mol. The van der Waals surface area contributed by atoms with Gasteiger partial charge in [-0.25, -0.2) is 4.98 Å². The maximum Gasteiger partial charge on any atom is 0.220 e. The van der Waals surface area contributed by atoms with Crippen LogP contribution in [0.5, 0.6) is 5.88 Å².